The van der Waals surface area contributed by atoms with Gasteiger partial charge in [0.05, 0.1) is 11.9 Å². The number of hydrogen-bond donors (Lipinski definition) is 0. The molecule has 6 heteroatoms. The standard InChI is InChI=1S/C20H17FN2.C15H25N3.C2H6/c1-13-9-17(11-14(2)15(3)16-5-4-6-16)23-20(10-13)18-7-8-22-12-19(18)21;1-4-5-13-10-16-15(17-11-13)18-8-6-14(7-9-18)12(2)3;1-2/h4-8,10,12H,1-3,9,11H2;10-12,14H,4-9H2,1-3H3;1-2H3. The minimum atomic E-state index is -0.385. The summed E-state index contributed by atoms with van der Waals surface area (Å²) in [7, 11) is 0. The largest absolute Gasteiger partial charge is 0.341 e. The van der Waals surface area contributed by atoms with Crippen molar-refractivity contribution in [2.75, 3.05) is 18.0 Å². The molecule has 43 heavy (non-hydrogen) atoms. The van der Waals surface area contributed by atoms with Crippen molar-refractivity contribution >= 4 is 17.4 Å². The molecule has 2 aliphatic heterocycles. The maximum absolute atomic E-state index is 13.9. The van der Waals surface area contributed by atoms with Crippen molar-refractivity contribution in [2.24, 2.45) is 16.8 Å². The number of anilines is 1. The van der Waals surface area contributed by atoms with Gasteiger partial charge >= 0.3 is 0 Å². The van der Waals surface area contributed by atoms with E-state index in [9.17, 15) is 4.39 Å². The average molecular weight is 582 g/mol. The number of halogens is 1. The summed E-state index contributed by atoms with van der Waals surface area (Å²) in [5.74, 6) is 2.21. The highest BCUT2D eigenvalue weighted by Gasteiger charge is 2.23. The summed E-state index contributed by atoms with van der Waals surface area (Å²) in [5, 5.41) is 0. The molecule has 1 aliphatic carbocycles. The van der Waals surface area contributed by atoms with Crippen LogP contribution in [-0.2, 0) is 6.42 Å². The van der Waals surface area contributed by atoms with Crippen molar-refractivity contribution in [3.63, 3.8) is 0 Å². The van der Waals surface area contributed by atoms with Gasteiger partial charge in [-0.05, 0) is 71.1 Å². The van der Waals surface area contributed by atoms with E-state index in [2.05, 4.69) is 65.4 Å². The van der Waals surface area contributed by atoms with Gasteiger partial charge in [0.25, 0.3) is 0 Å². The lowest BCUT2D eigenvalue weighted by Gasteiger charge is -2.33. The fourth-order valence-electron chi connectivity index (χ4n) is 5.22. The van der Waals surface area contributed by atoms with Crippen LogP contribution in [0, 0.1) is 17.7 Å². The van der Waals surface area contributed by atoms with Crippen LogP contribution in [-0.4, -0.2) is 33.8 Å². The normalized spacial score (nSPS) is 16.1. The second-order valence-electron chi connectivity index (χ2n) is 11.3. The van der Waals surface area contributed by atoms with Gasteiger partial charge in [-0.15, -0.1) is 0 Å². The smallest absolute Gasteiger partial charge is 0.225 e. The molecule has 0 saturated carbocycles. The van der Waals surface area contributed by atoms with Crippen molar-refractivity contribution in [1.82, 2.24) is 15.0 Å². The van der Waals surface area contributed by atoms with E-state index in [4.69, 9.17) is 0 Å². The first-order valence-electron chi connectivity index (χ1n) is 15.6. The third kappa shape index (κ3) is 9.54. The summed E-state index contributed by atoms with van der Waals surface area (Å²) in [6.45, 7) is 25.3. The van der Waals surface area contributed by atoms with Gasteiger partial charge in [0.2, 0.25) is 5.95 Å². The Morgan fingerprint density at radius 3 is 2.33 bits per heavy atom. The van der Waals surface area contributed by atoms with Crippen LogP contribution in [0.4, 0.5) is 10.3 Å². The molecule has 1 saturated heterocycles. The minimum absolute atomic E-state index is 0.385. The summed E-state index contributed by atoms with van der Waals surface area (Å²) in [5.41, 5.74) is 7.03. The lowest BCUT2D eigenvalue weighted by molar-refractivity contribution is 0.310. The fourth-order valence-corrected chi connectivity index (χ4v) is 5.22. The number of hydrogen-bond acceptors (Lipinski definition) is 5. The molecule has 0 aromatic carbocycles. The average Bonchev–Trinajstić information content (AvgIpc) is 2.98. The van der Waals surface area contributed by atoms with Crippen LogP contribution in [0.25, 0.3) is 5.70 Å². The topological polar surface area (TPSA) is 54.3 Å². The van der Waals surface area contributed by atoms with E-state index in [0.29, 0.717) is 24.1 Å². The van der Waals surface area contributed by atoms with E-state index in [1.807, 2.05) is 50.5 Å². The Morgan fingerprint density at radius 1 is 1.09 bits per heavy atom. The maximum Gasteiger partial charge on any atom is 0.225 e. The molecule has 0 amide bonds. The zero-order valence-corrected chi connectivity index (χ0v) is 26.7. The molecule has 5 nitrogen and oxygen atoms in total. The van der Waals surface area contributed by atoms with Crippen LogP contribution in [0.15, 0.2) is 102 Å². The van der Waals surface area contributed by atoms with Gasteiger partial charge in [0, 0.05) is 55.8 Å². The summed E-state index contributed by atoms with van der Waals surface area (Å²) < 4.78 is 13.9. The molecular weight excluding hydrogens is 533 g/mol. The van der Waals surface area contributed by atoms with Crippen LogP contribution >= 0.6 is 0 Å². The predicted molar refractivity (Wildman–Crippen MR) is 181 cm³/mol. The number of nitrogens with zero attached hydrogens (tertiary/aromatic N) is 5. The predicted octanol–water partition coefficient (Wildman–Crippen LogP) is 9.29. The number of pyridine rings is 1. The molecular formula is C37H48FN5. The molecule has 0 radical (unpaired) electrons. The first kappa shape index (κ1) is 33.6. The zero-order chi connectivity index (χ0) is 31.4. The van der Waals surface area contributed by atoms with Gasteiger partial charge in [-0.1, -0.05) is 79.0 Å². The Labute approximate surface area is 258 Å². The molecule has 1 fully saturated rings. The molecule has 0 spiro atoms. The Kier molecular flexibility index (Phi) is 13.0. The van der Waals surface area contributed by atoms with E-state index < -0.39 is 0 Å². The first-order chi connectivity index (χ1) is 20.7. The van der Waals surface area contributed by atoms with Gasteiger partial charge in [-0.2, -0.15) is 0 Å². The maximum atomic E-state index is 13.9. The number of aliphatic imine (C=N–C) groups is 1. The highest BCUT2D eigenvalue weighted by Crippen LogP contribution is 2.30. The second kappa shape index (κ2) is 16.6. The second-order valence-corrected chi connectivity index (χ2v) is 11.3. The zero-order valence-electron chi connectivity index (χ0n) is 26.7. The van der Waals surface area contributed by atoms with Crippen LogP contribution in [0.2, 0.25) is 0 Å². The molecule has 0 N–H and O–H groups in total. The van der Waals surface area contributed by atoms with Crippen molar-refractivity contribution in [2.45, 2.75) is 73.1 Å². The number of rotatable bonds is 9. The highest BCUT2D eigenvalue weighted by atomic mass is 19.1. The van der Waals surface area contributed by atoms with Gasteiger partial charge in [-0.3, -0.25) is 9.98 Å². The minimum Gasteiger partial charge on any atom is -0.341 e. The van der Waals surface area contributed by atoms with Crippen LogP contribution < -0.4 is 4.90 Å². The Morgan fingerprint density at radius 2 is 1.77 bits per heavy atom. The Balaban J connectivity index is 0.000000229. The molecule has 3 aliphatic rings. The van der Waals surface area contributed by atoms with E-state index in [1.165, 1.54) is 24.6 Å². The van der Waals surface area contributed by atoms with Crippen molar-refractivity contribution in [1.29, 1.82) is 0 Å². The summed E-state index contributed by atoms with van der Waals surface area (Å²) in [6.07, 6.45) is 20.6. The summed E-state index contributed by atoms with van der Waals surface area (Å²) >= 11 is 0. The van der Waals surface area contributed by atoms with Crippen LogP contribution in [0.5, 0.6) is 0 Å². The molecule has 5 rings (SSSR count). The molecule has 0 atom stereocenters. The summed E-state index contributed by atoms with van der Waals surface area (Å²) in [6, 6.07) is 1.62. The molecule has 0 bridgehead atoms. The van der Waals surface area contributed by atoms with Gasteiger partial charge in [-0.25, -0.2) is 14.4 Å². The molecule has 4 heterocycles. The lowest BCUT2D eigenvalue weighted by Crippen LogP contribution is -2.36. The Hall–Kier alpha value is -3.93. The van der Waals surface area contributed by atoms with Crippen LogP contribution in [0.1, 0.15) is 77.8 Å². The first-order valence-corrected chi connectivity index (χ1v) is 15.6. The Bertz CT molecular complexity index is 1390. The van der Waals surface area contributed by atoms with E-state index in [-0.39, 0.29) is 5.82 Å². The highest BCUT2D eigenvalue weighted by molar-refractivity contribution is 5.96. The lowest BCUT2D eigenvalue weighted by atomic mass is 9.87. The van der Waals surface area contributed by atoms with Gasteiger partial charge in [0.15, 0.2) is 5.82 Å². The molecule has 0 unspecified atom stereocenters. The third-order valence-corrected chi connectivity index (χ3v) is 7.84. The number of allylic oxidation sites excluding steroid dienone is 8. The van der Waals surface area contributed by atoms with Gasteiger partial charge in [0.1, 0.15) is 0 Å². The number of piperidine rings is 1. The van der Waals surface area contributed by atoms with E-state index in [1.54, 1.807) is 12.3 Å². The number of aryl methyl sites for hydroxylation is 1. The van der Waals surface area contributed by atoms with E-state index >= 15 is 0 Å². The number of aromatic nitrogens is 3. The fraction of sp³-hybridized carbons (Fsp3) is 0.405. The van der Waals surface area contributed by atoms with Crippen molar-refractivity contribution in [3.05, 3.63) is 114 Å². The van der Waals surface area contributed by atoms with Crippen molar-refractivity contribution < 1.29 is 4.39 Å². The molecule has 2 aromatic heterocycles. The quantitative estimate of drug-likeness (QED) is 0.277. The third-order valence-electron chi connectivity index (χ3n) is 7.84. The summed E-state index contributed by atoms with van der Waals surface area (Å²) in [4.78, 5) is 19.7. The van der Waals surface area contributed by atoms with Gasteiger partial charge < -0.3 is 4.90 Å². The van der Waals surface area contributed by atoms with Crippen LogP contribution in [0.3, 0.4) is 0 Å². The molecule has 228 valence electrons. The SMILES string of the molecule is C=C1C=C(c2ccncc2F)N=C(CC(=C)C(=C)C2=CC=C2)C1.CC.CCCc1cnc(N2CCC(C(C)C)CC2)nc1. The molecule has 2 aromatic rings. The van der Waals surface area contributed by atoms with E-state index in [0.717, 1.165) is 71.7 Å². The van der Waals surface area contributed by atoms with Crippen molar-refractivity contribution in [3.8, 4) is 0 Å². The monoisotopic (exact) mass is 581 g/mol.